The SMILES string of the molecule is O=C1C2CCC3C4CCC5C6=NC7CCCCC7N6C(=O)C6CCC(C7CCC(C8=NC9CCCCC9N18)C2C37)C4C65. The molecule has 16 unspecified atom stereocenters. The maximum absolute atomic E-state index is 14.3. The molecule has 0 bridgehead atoms. The van der Waals surface area contributed by atoms with Crippen LogP contribution in [-0.2, 0) is 9.59 Å². The summed E-state index contributed by atoms with van der Waals surface area (Å²) in [5, 5.41) is 0. The first-order chi connectivity index (χ1) is 20.7. The van der Waals surface area contributed by atoms with E-state index in [4.69, 9.17) is 9.98 Å². The van der Waals surface area contributed by atoms with Gasteiger partial charge >= 0.3 is 0 Å². The Morgan fingerprint density at radius 1 is 0.429 bits per heavy atom. The van der Waals surface area contributed by atoms with E-state index in [0.717, 1.165) is 48.3 Å². The van der Waals surface area contributed by atoms with Crippen molar-refractivity contribution in [2.75, 3.05) is 0 Å². The highest BCUT2D eigenvalue weighted by molar-refractivity contribution is 6.06. The molecular weight excluding hydrogens is 520 g/mol. The first kappa shape index (κ1) is 24.6. The van der Waals surface area contributed by atoms with Gasteiger partial charge < -0.3 is 0 Å². The van der Waals surface area contributed by atoms with Crippen molar-refractivity contribution in [3.05, 3.63) is 0 Å². The topological polar surface area (TPSA) is 65.3 Å². The summed E-state index contributed by atoms with van der Waals surface area (Å²) in [7, 11) is 0. The molecule has 16 atom stereocenters. The van der Waals surface area contributed by atoms with E-state index in [1.807, 2.05) is 0 Å². The van der Waals surface area contributed by atoms with Gasteiger partial charge in [0.25, 0.3) is 0 Å². The quantitative estimate of drug-likeness (QED) is 0.376. The average molecular weight is 569 g/mol. The number of amides is 2. The van der Waals surface area contributed by atoms with Gasteiger partial charge in [-0.1, -0.05) is 25.7 Å². The summed E-state index contributed by atoms with van der Waals surface area (Å²) < 4.78 is 0. The van der Waals surface area contributed by atoms with Gasteiger partial charge in [-0.2, -0.15) is 0 Å². The van der Waals surface area contributed by atoms with Crippen molar-refractivity contribution in [2.45, 2.75) is 127 Å². The molecule has 0 N–H and O–H groups in total. The van der Waals surface area contributed by atoms with Crippen LogP contribution in [0.15, 0.2) is 9.98 Å². The van der Waals surface area contributed by atoms with Gasteiger partial charge in [0.15, 0.2) is 0 Å². The average Bonchev–Trinajstić information content (AvgIpc) is 3.61. The molecule has 0 aromatic carbocycles. The summed E-state index contributed by atoms with van der Waals surface area (Å²) in [6.45, 7) is 0. The number of aliphatic imine (C=N–C) groups is 2. The number of amidine groups is 2. The Kier molecular flexibility index (Phi) is 4.98. The lowest BCUT2D eigenvalue weighted by atomic mass is 9.38. The number of fused-ring (bicyclic) bond motifs is 10. The minimum absolute atomic E-state index is 0.254. The Morgan fingerprint density at radius 2 is 0.810 bits per heavy atom. The van der Waals surface area contributed by atoms with Crippen molar-refractivity contribution < 1.29 is 9.59 Å². The van der Waals surface area contributed by atoms with Crippen molar-refractivity contribution in [1.82, 2.24) is 9.80 Å². The first-order valence-corrected chi connectivity index (χ1v) is 18.5. The van der Waals surface area contributed by atoms with E-state index in [9.17, 15) is 9.59 Å². The van der Waals surface area contributed by atoms with Crippen LogP contribution in [0.3, 0.4) is 0 Å². The van der Waals surface area contributed by atoms with Crippen molar-refractivity contribution in [1.29, 1.82) is 0 Å². The molecule has 42 heavy (non-hydrogen) atoms. The fourth-order valence-corrected chi connectivity index (χ4v) is 15.0. The Hall–Kier alpha value is -1.72. The van der Waals surface area contributed by atoms with Crippen LogP contribution in [0.5, 0.6) is 0 Å². The first-order valence-electron chi connectivity index (χ1n) is 18.5. The van der Waals surface area contributed by atoms with Crippen molar-refractivity contribution in [3.63, 3.8) is 0 Å². The lowest BCUT2D eigenvalue weighted by Gasteiger charge is -2.68. The summed E-state index contributed by atoms with van der Waals surface area (Å²) in [5.74, 6) is 10.7. The molecule has 11 rings (SSSR count). The molecule has 7 aliphatic carbocycles. The molecule has 224 valence electrons. The van der Waals surface area contributed by atoms with E-state index in [1.54, 1.807) is 0 Å². The van der Waals surface area contributed by atoms with Gasteiger partial charge in [-0.15, -0.1) is 0 Å². The zero-order chi connectivity index (χ0) is 27.4. The summed E-state index contributed by atoms with van der Waals surface area (Å²) >= 11 is 0. The van der Waals surface area contributed by atoms with Gasteiger partial charge in [0.2, 0.25) is 11.8 Å². The zero-order valence-corrected chi connectivity index (χ0v) is 25.2. The largest absolute Gasteiger partial charge is 0.295 e. The lowest BCUT2D eigenvalue weighted by molar-refractivity contribution is -0.190. The van der Waals surface area contributed by atoms with Crippen LogP contribution >= 0.6 is 0 Å². The van der Waals surface area contributed by atoms with Crippen LogP contribution in [-0.4, -0.2) is 57.5 Å². The lowest BCUT2D eigenvalue weighted by Crippen LogP contribution is -2.68. The van der Waals surface area contributed by atoms with Gasteiger partial charge in [0.05, 0.1) is 24.2 Å². The van der Waals surface area contributed by atoms with Crippen LogP contribution in [0, 0.1) is 71.0 Å². The second-order valence-corrected chi connectivity index (χ2v) is 16.9. The molecule has 0 spiro atoms. The summed E-state index contributed by atoms with van der Waals surface area (Å²) in [5.41, 5.74) is 0. The highest BCUT2D eigenvalue weighted by Gasteiger charge is 2.68. The molecule has 2 saturated heterocycles. The van der Waals surface area contributed by atoms with Crippen LogP contribution in [0.1, 0.15) is 103 Å². The summed E-state index contributed by atoms with van der Waals surface area (Å²) in [4.78, 5) is 44.0. The fraction of sp³-hybridized carbons (Fsp3) is 0.889. The number of rotatable bonds is 0. The Labute approximate surface area is 250 Å². The molecule has 6 nitrogen and oxygen atoms in total. The number of hydrogen-bond acceptors (Lipinski definition) is 4. The smallest absolute Gasteiger partial charge is 0.231 e. The van der Waals surface area contributed by atoms with Crippen molar-refractivity contribution in [3.8, 4) is 0 Å². The molecule has 4 aliphatic heterocycles. The van der Waals surface area contributed by atoms with Gasteiger partial charge in [-0.25, -0.2) is 0 Å². The van der Waals surface area contributed by atoms with E-state index in [-0.39, 0.29) is 11.8 Å². The molecule has 4 heterocycles. The maximum Gasteiger partial charge on any atom is 0.231 e. The third-order valence-electron chi connectivity index (χ3n) is 16.0. The Bertz CT molecular complexity index is 1200. The van der Waals surface area contributed by atoms with Gasteiger partial charge in [-0.05, 0) is 124 Å². The van der Waals surface area contributed by atoms with E-state index < -0.39 is 0 Å². The highest BCUT2D eigenvalue weighted by Crippen LogP contribution is 2.70. The molecule has 0 aromatic heterocycles. The summed E-state index contributed by atoms with van der Waals surface area (Å²) in [6.07, 6.45) is 19.7. The van der Waals surface area contributed by atoms with Crippen LogP contribution in [0.4, 0.5) is 0 Å². The third-order valence-corrected chi connectivity index (χ3v) is 16.0. The number of carbonyl (C=O) groups is 2. The predicted octanol–water partition coefficient (Wildman–Crippen LogP) is 5.70. The van der Waals surface area contributed by atoms with E-state index in [1.165, 1.54) is 102 Å². The number of nitrogens with zero attached hydrogens (tertiary/aromatic N) is 4. The molecule has 6 heteroatoms. The highest BCUT2D eigenvalue weighted by atomic mass is 16.2. The van der Waals surface area contributed by atoms with E-state index in [0.29, 0.717) is 59.7 Å². The zero-order valence-electron chi connectivity index (χ0n) is 25.2. The van der Waals surface area contributed by atoms with Gasteiger partial charge in [0, 0.05) is 23.7 Å². The molecule has 0 radical (unpaired) electrons. The second-order valence-electron chi connectivity index (χ2n) is 16.9. The van der Waals surface area contributed by atoms with Gasteiger partial charge in [0.1, 0.15) is 11.7 Å². The minimum Gasteiger partial charge on any atom is -0.295 e. The Balaban J connectivity index is 0.960. The van der Waals surface area contributed by atoms with Crippen molar-refractivity contribution in [2.24, 2.45) is 81.0 Å². The van der Waals surface area contributed by atoms with Crippen LogP contribution in [0.25, 0.3) is 0 Å². The molecule has 7 saturated carbocycles. The third kappa shape index (κ3) is 2.86. The van der Waals surface area contributed by atoms with E-state index >= 15 is 0 Å². The number of piperidine rings is 2. The predicted molar refractivity (Wildman–Crippen MR) is 159 cm³/mol. The van der Waals surface area contributed by atoms with E-state index in [2.05, 4.69) is 9.80 Å². The molecule has 9 fully saturated rings. The number of carbonyl (C=O) groups excluding carboxylic acids is 2. The second kappa shape index (κ2) is 8.50. The molecule has 11 aliphatic rings. The van der Waals surface area contributed by atoms with Crippen LogP contribution in [0.2, 0.25) is 0 Å². The molecule has 0 aromatic rings. The Morgan fingerprint density at radius 3 is 1.24 bits per heavy atom. The monoisotopic (exact) mass is 568 g/mol. The fourth-order valence-electron chi connectivity index (χ4n) is 15.0. The normalized spacial score (nSPS) is 56.3. The molecular formula is C36H48N4O2. The summed E-state index contributed by atoms with van der Waals surface area (Å²) in [6, 6.07) is 1.53. The van der Waals surface area contributed by atoms with Gasteiger partial charge in [-0.3, -0.25) is 29.4 Å². The van der Waals surface area contributed by atoms with Crippen LogP contribution < -0.4 is 0 Å². The number of hydrogen-bond donors (Lipinski definition) is 0. The standard InChI is InChI=1S/C36H48N4O2/c41-35-23-15-11-19-18-10-14-22-32-24(36(42)40-28-8-4-2-6-26(28)38-34(22)40)16-12-20(30(18)32)17-9-13-21(31(23)29(17)19)33-37-25-5-1-3-7-27(25)39(33)35/h17-32H,1-16H2. The van der Waals surface area contributed by atoms with Crippen molar-refractivity contribution >= 4 is 23.5 Å². The maximum atomic E-state index is 14.3. The minimum atomic E-state index is 0.254. The molecule has 2 amide bonds.